The zero-order chi connectivity index (χ0) is 34.7. The average Bonchev–Trinajstić information content (AvgIpc) is 3.14. The van der Waals surface area contributed by atoms with Gasteiger partial charge in [0.2, 0.25) is 0 Å². The number of hydrogen-bond donors (Lipinski definition) is 1. The van der Waals surface area contributed by atoms with Gasteiger partial charge < -0.3 is 14.6 Å². The van der Waals surface area contributed by atoms with Gasteiger partial charge in [-0.1, -0.05) is 194 Å². The van der Waals surface area contributed by atoms with Crippen molar-refractivity contribution < 1.29 is 14.6 Å². The Labute approximate surface area is 300 Å². The van der Waals surface area contributed by atoms with E-state index in [0.29, 0.717) is 6.61 Å². The minimum Gasteiger partial charge on any atom is -0.388 e. The molecule has 0 aromatic heterocycles. The zero-order valence-electron chi connectivity index (χ0n) is 31.0. The van der Waals surface area contributed by atoms with E-state index in [0.717, 1.165) is 48.8 Å². The lowest BCUT2D eigenvalue weighted by Gasteiger charge is -2.38. The van der Waals surface area contributed by atoms with Crippen molar-refractivity contribution in [1.82, 2.24) is 0 Å². The number of aliphatic hydroxyl groups excluding tert-OH is 1. The van der Waals surface area contributed by atoms with E-state index in [2.05, 4.69) is 86.3 Å². The van der Waals surface area contributed by atoms with Crippen molar-refractivity contribution in [3.8, 4) is 0 Å². The van der Waals surface area contributed by atoms with Gasteiger partial charge in [0.1, 0.15) is 11.7 Å². The summed E-state index contributed by atoms with van der Waals surface area (Å²) in [4.78, 5) is 0. The molecule has 0 bridgehead atoms. The lowest BCUT2D eigenvalue weighted by molar-refractivity contribution is -0.0644. The van der Waals surface area contributed by atoms with E-state index in [1.807, 2.05) is 18.2 Å². The number of aryl methyl sites for hydroxylation is 1. The summed E-state index contributed by atoms with van der Waals surface area (Å²) in [7, 11) is 0. The fourth-order valence-electron chi connectivity index (χ4n) is 6.99. The van der Waals surface area contributed by atoms with Gasteiger partial charge in [0.15, 0.2) is 0 Å². The molecule has 0 radical (unpaired) electrons. The molecule has 1 N–H and O–H groups in total. The normalized spacial score (nSPS) is 12.3. The first kappa shape index (κ1) is 40.7. The summed E-state index contributed by atoms with van der Waals surface area (Å²) in [6.45, 7) is 7.32. The molecule has 3 aromatic carbocycles. The lowest BCUT2D eigenvalue weighted by Crippen LogP contribution is -2.37. The zero-order valence-corrected chi connectivity index (χ0v) is 31.0. The van der Waals surface area contributed by atoms with Crippen LogP contribution in [-0.2, 0) is 21.5 Å². The summed E-state index contributed by atoms with van der Waals surface area (Å²) in [6, 6.07) is 29.6. The third-order valence-electron chi connectivity index (χ3n) is 9.81. The van der Waals surface area contributed by atoms with Gasteiger partial charge in [0.05, 0.1) is 13.2 Å². The fraction of sp³-hybridized carbons (Fsp3) is 0.565. The molecule has 0 aliphatic rings. The van der Waals surface area contributed by atoms with Gasteiger partial charge in [-0.3, -0.25) is 0 Å². The van der Waals surface area contributed by atoms with Crippen molar-refractivity contribution in [2.45, 2.75) is 147 Å². The Balaban J connectivity index is 1.43. The smallest absolute Gasteiger partial charge is 0.144 e. The van der Waals surface area contributed by atoms with Crippen LogP contribution in [0.4, 0.5) is 0 Å². The predicted molar refractivity (Wildman–Crippen MR) is 209 cm³/mol. The quantitative estimate of drug-likeness (QED) is 0.0436. The van der Waals surface area contributed by atoms with E-state index >= 15 is 0 Å². The third-order valence-corrected chi connectivity index (χ3v) is 9.81. The van der Waals surface area contributed by atoms with Crippen molar-refractivity contribution in [1.29, 1.82) is 0 Å². The van der Waals surface area contributed by atoms with Crippen LogP contribution in [0.25, 0.3) is 0 Å². The minimum atomic E-state index is -0.855. The minimum absolute atomic E-state index is 0.174. The van der Waals surface area contributed by atoms with Crippen molar-refractivity contribution in [3.05, 3.63) is 120 Å². The van der Waals surface area contributed by atoms with Gasteiger partial charge >= 0.3 is 0 Å². The van der Waals surface area contributed by atoms with E-state index in [4.69, 9.17) is 9.47 Å². The SMILES string of the molecule is C=CCCCCc1ccccc1C(OCC(O)COCCCCCCCCCCCCCCCCCC)(c1ccccc1)c1ccccc1. The molecule has 3 heteroatoms. The van der Waals surface area contributed by atoms with E-state index in [1.165, 1.54) is 102 Å². The number of allylic oxidation sites excluding steroid dienone is 1. The summed E-state index contributed by atoms with van der Waals surface area (Å²) >= 11 is 0. The summed E-state index contributed by atoms with van der Waals surface area (Å²) in [5, 5.41) is 11.1. The molecule has 3 aromatic rings. The van der Waals surface area contributed by atoms with Crippen LogP contribution in [0.2, 0.25) is 0 Å². The Morgan fingerprint density at radius 2 is 1.08 bits per heavy atom. The number of ether oxygens (including phenoxy) is 2. The van der Waals surface area contributed by atoms with Crippen LogP contribution in [0.1, 0.15) is 151 Å². The molecule has 49 heavy (non-hydrogen) atoms. The second kappa shape index (κ2) is 26.1. The molecule has 1 unspecified atom stereocenters. The van der Waals surface area contributed by atoms with Gasteiger partial charge in [-0.2, -0.15) is 0 Å². The number of rotatable bonds is 30. The van der Waals surface area contributed by atoms with Crippen LogP contribution in [0.5, 0.6) is 0 Å². The van der Waals surface area contributed by atoms with E-state index in [1.54, 1.807) is 0 Å². The first-order chi connectivity index (χ1) is 24.2. The molecule has 0 amide bonds. The number of hydrogen-bond acceptors (Lipinski definition) is 3. The lowest BCUT2D eigenvalue weighted by atomic mass is 9.77. The molecular formula is C46H68O3. The Morgan fingerprint density at radius 3 is 1.61 bits per heavy atom. The molecule has 0 heterocycles. The van der Waals surface area contributed by atoms with E-state index < -0.39 is 11.7 Å². The molecule has 0 fully saturated rings. The largest absolute Gasteiger partial charge is 0.388 e. The van der Waals surface area contributed by atoms with Crippen LogP contribution < -0.4 is 0 Å². The number of unbranched alkanes of at least 4 members (excludes halogenated alkanes) is 17. The van der Waals surface area contributed by atoms with Crippen molar-refractivity contribution in [2.75, 3.05) is 19.8 Å². The summed E-state index contributed by atoms with van der Waals surface area (Å²) < 4.78 is 12.9. The van der Waals surface area contributed by atoms with Gasteiger partial charge in [-0.25, -0.2) is 0 Å². The monoisotopic (exact) mass is 669 g/mol. The second-order valence-electron chi connectivity index (χ2n) is 13.9. The Bertz CT molecular complexity index is 1170. The van der Waals surface area contributed by atoms with Crippen LogP contribution in [0.3, 0.4) is 0 Å². The summed E-state index contributed by atoms with van der Waals surface area (Å²) in [5.41, 5.74) is 3.66. The molecule has 0 saturated carbocycles. The molecular weight excluding hydrogens is 601 g/mol. The highest BCUT2D eigenvalue weighted by atomic mass is 16.5. The van der Waals surface area contributed by atoms with Crippen LogP contribution in [0.15, 0.2) is 97.6 Å². The molecule has 0 aliphatic carbocycles. The second-order valence-corrected chi connectivity index (χ2v) is 13.9. The highest BCUT2D eigenvalue weighted by molar-refractivity contribution is 5.50. The van der Waals surface area contributed by atoms with E-state index in [-0.39, 0.29) is 13.2 Å². The predicted octanol–water partition coefficient (Wildman–Crippen LogP) is 12.5. The fourth-order valence-corrected chi connectivity index (χ4v) is 6.99. The summed E-state index contributed by atoms with van der Waals surface area (Å²) in [5.74, 6) is 0. The van der Waals surface area contributed by atoms with Crippen LogP contribution in [0, 0.1) is 0 Å². The maximum atomic E-state index is 11.1. The molecule has 0 saturated heterocycles. The maximum Gasteiger partial charge on any atom is 0.144 e. The van der Waals surface area contributed by atoms with Gasteiger partial charge in [-0.15, -0.1) is 6.58 Å². The van der Waals surface area contributed by atoms with Gasteiger partial charge in [-0.05, 0) is 54.4 Å². The topological polar surface area (TPSA) is 38.7 Å². The highest BCUT2D eigenvalue weighted by Gasteiger charge is 2.39. The molecule has 1 atom stereocenters. The van der Waals surface area contributed by atoms with Gasteiger partial charge in [0, 0.05) is 6.61 Å². The van der Waals surface area contributed by atoms with Crippen molar-refractivity contribution >= 4 is 0 Å². The Kier molecular flexibility index (Phi) is 21.7. The average molecular weight is 669 g/mol. The Morgan fingerprint density at radius 1 is 0.592 bits per heavy atom. The molecule has 0 aliphatic heterocycles. The third kappa shape index (κ3) is 15.4. The molecule has 3 rings (SSSR count). The first-order valence-electron chi connectivity index (χ1n) is 19.9. The Hall–Kier alpha value is -2.72. The van der Waals surface area contributed by atoms with Crippen molar-refractivity contribution in [3.63, 3.8) is 0 Å². The van der Waals surface area contributed by atoms with Crippen LogP contribution >= 0.6 is 0 Å². The highest BCUT2D eigenvalue weighted by Crippen LogP contribution is 2.42. The number of benzene rings is 3. The molecule has 0 spiro atoms. The molecule has 270 valence electrons. The molecule has 3 nitrogen and oxygen atoms in total. The van der Waals surface area contributed by atoms with E-state index in [9.17, 15) is 5.11 Å². The van der Waals surface area contributed by atoms with Crippen LogP contribution in [-0.4, -0.2) is 31.0 Å². The standard InChI is InChI=1S/C46H68O3/c1-3-5-7-9-10-11-12-13-14-15-16-17-18-19-20-30-38-48-39-44(47)40-49-46(42-33-24-21-25-34-42,43-35-26-22-27-36-43)45-37-29-28-32-41(45)31-23-8-6-4-2/h4,21-22,24-29,32-37,44,47H,2-3,5-20,23,30-31,38-40H2,1H3. The summed E-state index contributed by atoms with van der Waals surface area (Å²) in [6.07, 6.45) is 27.2. The maximum absolute atomic E-state index is 11.1. The van der Waals surface area contributed by atoms with Crippen molar-refractivity contribution in [2.24, 2.45) is 0 Å². The van der Waals surface area contributed by atoms with Gasteiger partial charge in [0.25, 0.3) is 0 Å². The first-order valence-corrected chi connectivity index (χ1v) is 19.9. The number of aliphatic hydroxyl groups is 1.